The summed E-state index contributed by atoms with van der Waals surface area (Å²) in [6.07, 6.45) is 0. The number of rotatable bonds is 2. The van der Waals surface area contributed by atoms with Gasteiger partial charge in [-0.3, -0.25) is 0 Å². The summed E-state index contributed by atoms with van der Waals surface area (Å²) in [6, 6.07) is 4.70. The summed E-state index contributed by atoms with van der Waals surface area (Å²) in [7, 11) is 0. The summed E-state index contributed by atoms with van der Waals surface area (Å²) in [4.78, 5) is 0. The Kier molecular flexibility index (Phi) is 2.68. The zero-order chi connectivity index (χ0) is 10.8. The average molecular weight is 230 g/mol. The molecule has 1 aromatic heterocycles. The van der Waals surface area contributed by atoms with Gasteiger partial charge in [0.15, 0.2) is 5.76 Å². The Balaban J connectivity index is 2.44. The van der Waals surface area contributed by atoms with E-state index in [1.54, 1.807) is 6.07 Å². The molecule has 0 N–H and O–H groups in total. The van der Waals surface area contributed by atoms with E-state index in [0.717, 1.165) is 6.07 Å². The number of hydrogen-bond donors (Lipinski definition) is 0. The van der Waals surface area contributed by atoms with Gasteiger partial charge in [0, 0.05) is 17.7 Å². The Morgan fingerprint density at radius 2 is 1.80 bits per heavy atom. The van der Waals surface area contributed by atoms with Crippen molar-refractivity contribution in [1.29, 1.82) is 0 Å². The van der Waals surface area contributed by atoms with Crippen LogP contribution in [0, 0.1) is 11.6 Å². The summed E-state index contributed by atoms with van der Waals surface area (Å²) in [5.41, 5.74) is 0.691. The van der Waals surface area contributed by atoms with Crippen molar-refractivity contribution in [2.24, 2.45) is 0 Å². The second-order valence-corrected chi connectivity index (χ2v) is 3.24. The number of alkyl halides is 1. The SMILES string of the molecule is Fc1cc(F)cc(-c2cc(CCl)on2)c1. The van der Waals surface area contributed by atoms with Gasteiger partial charge >= 0.3 is 0 Å². The van der Waals surface area contributed by atoms with Gasteiger partial charge in [-0.25, -0.2) is 8.78 Å². The topological polar surface area (TPSA) is 26.0 Å². The van der Waals surface area contributed by atoms with Crippen molar-refractivity contribution in [2.45, 2.75) is 5.88 Å². The van der Waals surface area contributed by atoms with Crippen molar-refractivity contribution in [3.8, 4) is 11.3 Å². The molecule has 5 heteroatoms. The summed E-state index contributed by atoms with van der Waals surface area (Å²) in [5, 5.41) is 3.65. The van der Waals surface area contributed by atoms with Crippen LogP contribution in [0.5, 0.6) is 0 Å². The van der Waals surface area contributed by atoms with Gasteiger partial charge in [-0.15, -0.1) is 11.6 Å². The fourth-order valence-corrected chi connectivity index (χ4v) is 1.34. The van der Waals surface area contributed by atoms with Crippen LogP contribution in [0.15, 0.2) is 28.8 Å². The highest BCUT2D eigenvalue weighted by Gasteiger charge is 2.08. The zero-order valence-corrected chi connectivity index (χ0v) is 8.26. The van der Waals surface area contributed by atoms with Gasteiger partial charge in [0.25, 0.3) is 0 Å². The van der Waals surface area contributed by atoms with Gasteiger partial charge in [0.2, 0.25) is 0 Å². The maximum Gasteiger partial charge on any atom is 0.152 e. The van der Waals surface area contributed by atoms with Crippen LogP contribution in [-0.4, -0.2) is 5.16 Å². The molecule has 0 spiro atoms. The monoisotopic (exact) mass is 229 g/mol. The van der Waals surface area contributed by atoms with Gasteiger partial charge in [-0.1, -0.05) is 5.16 Å². The highest BCUT2D eigenvalue weighted by Crippen LogP contribution is 2.21. The van der Waals surface area contributed by atoms with Crippen LogP contribution in [0.3, 0.4) is 0 Å². The fourth-order valence-electron chi connectivity index (χ4n) is 1.21. The second-order valence-electron chi connectivity index (χ2n) is 2.97. The molecule has 0 aliphatic carbocycles. The molecule has 2 aromatic rings. The normalized spacial score (nSPS) is 10.6. The Morgan fingerprint density at radius 1 is 1.13 bits per heavy atom. The number of benzene rings is 1. The standard InChI is InChI=1S/C10H6ClF2NO/c11-5-9-4-10(14-15-9)6-1-7(12)3-8(13)2-6/h1-4H,5H2. The predicted molar refractivity (Wildman–Crippen MR) is 51.4 cm³/mol. The van der Waals surface area contributed by atoms with Crippen LogP contribution in [-0.2, 0) is 5.88 Å². The molecule has 0 saturated carbocycles. The third kappa shape index (κ3) is 2.15. The van der Waals surface area contributed by atoms with Crippen molar-refractivity contribution in [2.75, 3.05) is 0 Å². The maximum atomic E-state index is 12.9. The highest BCUT2D eigenvalue weighted by molar-refractivity contribution is 6.16. The van der Waals surface area contributed by atoms with Crippen LogP contribution >= 0.6 is 11.6 Å². The fraction of sp³-hybridized carbons (Fsp3) is 0.100. The quantitative estimate of drug-likeness (QED) is 0.738. The van der Waals surface area contributed by atoms with Crippen molar-refractivity contribution in [1.82, 2.24) is 5.16 Å². The van der Waals surface area contributed by atoms with Crippen molar-refractivity contribution in [3.05, 3.63) is 41.7 Å². The summed E-state index contributed by atoms with van der Waals surface area (Å²) >= 11 is 5.51. The largest absolute Gasteiger partial charge is 0.359 e. The number of hydrogen-bond acceptors (Lipinski definition) is 2. The molecule has 2 nitrogen and oxygen atoms in total. The molecular weight excluding hydrogens is 224 g/mol. The van der Waals surface area contributed by atoms with Gasteiger partial charge in [-0.2, -0.15) is 0 Å². The van der Waals surface area contributed by atoms with Gasteiger partial charge in [-0.05, 0) is 12.1 Å². The number of nitrogens with zero attached hydrogens (tertiary/aromatic N) is 1. The first-order valence-corrected chi connectivity index (χ1v) is 4.70. The van der Waals surface area contributed by atoms with Crippen LogP contribution in [0.2, 0.25) is 0 Å². The molecule has 0 aliphatic heterocycles. The van der Waals surface area contributed by atoms with Crippen LogP contribution in [0.4, 0.5) is 8.78 Å². The Morgan fingerprint density at radius 3 is 2.33 bits per heavy atom. The van der Waals surface area contributed by atoms with Gasteiger partial charge in [0.05, 0.1) is 5.88 Å². The van der Waals surface area contributed by atoms with E-state index < -0.39 is 11.6 Å². The number of halogens is 3. The molecule has 0 aliphatic rings. The van der Waals surface area contributed by atoms with Crippen LogP contribution < -0.4 is 0 Å². The third-order valence-corrected chi connectivity index (χ3v) is 2.11. The Labute approximate surface area is 89.5 Å². The minimum absolute atomic E-state index is 0.171. The molecule has 0 radical (unpaired) electrons. The van der Waals surface area contributed by atoms with Crippen LogP contribution in [0.25, 0.3) is 11.3 Å². The molecule has 0 unspecified atom stereocenters. The lowest BCUT2D eigenvalue weighted by Gasteiger charge is -1.96. The van der Waals surface area contributed by atoms with E-state index in [4.69, 9.17) is 16.1 Å². The van der Waals surface area contributed by atoms with Crippen molar-refractivity contribution in [3.63, 3.8) is 0 Å². The first-order chi connectivity index (χ1) is 7.19. The zero-order valence-electron chi connectivity index (χ0n) is 7.51. The highest BCUT2D eigenvalue weighted by atomic mass is 35.5. The minimum atomic E-state index is -0.652. The molecule has 78 valence electrons. The predicted octanol–water partition coefficient (Wildman–Crippen LogP) is 3.36. The molecule has 2 rings (SSSR count). The number of aromatic nitrogens is 1. The molecule has 0 amide bonds. The lowest BCUT2D eigenvalue weighted by Crippen LogP contribution is -1.83. The smallest absolute Gasteiger partial charge is 0.152 e. The van der Waals surface area contributed by atoms with Crippen LogP contribution in [0.1, 0.15) is 5.76 Å². The molecular formula is C10H6ClF2NO. The average Bonchev–Trinajstić information content (AvgIpc) is 2.64. The Bertz CT molecular complexity index is 464. The molecule has 15 heavy (non-hydrogen) atoms. The van der Waals surface area contributed by atoms with E-state index in [2.05, 4.69) is 5.16 Å². The second kappa shape index (κ2) is 3.98. The molecule has 0 bridgehead atoms. The van der Waals surface area contributed by atoms with E-state index >= 15 is 0 Å². The lowest BCUT2D eigenvalue weighted by atomic mass is 10.1. The molecule has 1 heterocycles. The summed E-state index contributed by atoms with van der Waals surface area (Å²) in [5.74, 6) is -0.678. The first-order valence-electron chi connectivity index (χ1n) is 4.17. The third-order valence-electron chi connectivity index (χ3n) is 1.85. The van der Waals surface area contributed by atoms with E-state index in [1.807, 2.05) is 0 Å². The first kappa shape index (κ1) is 10.1. The minimum Gasteiger partial charge on any atom is -0.359 e. The van der Waals surface area contributed by atoms with Crippen molar-refractivity contribution >= 4 is 11.6 Å². The van der Waals surface area contributed by atoms with Crippen molar-refractivity contribution < 1.29 is 13.3 Å². The lowest BCUT2D eigenvalue weighted by molar-refractivity contribution is 0.396. The van der Waals surface area contributed by atoms with Gasteiger partial charge < -0.3 is 4.52 Å². The van der Waals surface area contributed by atoms with Gasteiger partial charge in [0.1, 0.15) is 17.3 Å². The maximum absolute atomic E-state index is 12.9. The van der Waals surface area contributed by atoms with E-state index in [-0.39, 0.29) is 5.88 Å². The summed E-state index contributed by atoms with van der Waals surface area (Å²) in [6.45, 7) is 0. The van der Waals surface area contributed by atoms with E-state index in [9.17, 15) is 8.78 Å². The molecule has 0 atom stereocenters. The molecule has 1 aromatic carbocycles. The summed E-state index contributed by atoms with van der Waals surface area (Å²) < 4.78 is 30.6. The van der Waals surface area contributed by atoms with E-state index in [1.165, 1.54) is 12.1 Å². The molecule has 0 fully saturated rings. The molecule has 0 saturated heterocycles. The Hall–Kier alpha value is -1.42. The van der Waals surface area contributed by atoms with E-state index in [0.29, 0.717) is 17.0 Å².